The highest BCUT2D eigenvalue weighted by Crippen LogP contribution is 2.42. The van der Waals surface area contributed by atoms with Crippen LogP contribution in [-0.4, -0.2) is 24.0 Å². The molecule has 4 nitrogen and oxygen atoms in total. The highest BCUT2D eigenvalue weighted by atomic mass is 16.5. The van der Waals surface area contributed by atoms with Crippen LogP contribution in [0.1, 0.15) is 47.8 Å². The summed E-state index contributed by atoms with van der Waals surface area (Å²) in [5.74, 6) is 2.34. The molecule has 0 bridgehead atoms. The van der Waals surface area contributed by atoms with Gasteiger partial charge in [-0.05, 0) is 41.7 Å². The molecule has 0 unspecified atom stereocenters. The predicted molar refractivity (Wildman–Crippen MR) is 106 cm³/mol. The molecule has 0 aromatic heterocycles. The first kappa shape index (κ1) is 17.8. The van der Waals surface area contributed by atoms with Crippen molar-refractivity contribution in [2.24, 2.45) is 5.92 Å². The summed E-state index contributed by atoms with van der Waals surface area (Å²) >= 11 is 0. The Morgan fingerprint density at radius 2 is 1.93 bits per heavy atom. The van der Waals surface area contributed by atoms with E-state index in [2.05, 4.69) is 37.8 Å². The number of fused-ring (bicyclic) bond motifs is 3. The van der Waals surface area contributed by atoms with Gasteiger partial charge in [0.1, 0.15) is 18.2 Å². The van der Waals surface area contributed by atoms with Crippen LogP contribution < -0.4 is 9.47 Å². The fourth-order valence-corrected chi connectivity index (χ4v) is 3.64. The molecule has 0 fully saturated rings. The van der Waals surface area contributed by atoms with Gasteiger partial charge >= 0.3 is 0 Å². The zero-order valence-electron chi connectivity index (χ0n) is 16.1. The number of ketones is 1. The van der Waals surface area contributed by atoms with Gasteiger partial charge < -0.3 is 9.47 Å². The number of benzene rings is 2. The van der Waals surface area contributed by atoms with Crippen molar-refractivity contribution in [3.8, 4) is 11.5 Å². The number of carbonyl (C=O) groups excluding carboxylic acids is 1. The van der Waals surface area contributed by atoms with Gasteiger partial charge in [0.25, 0.3) is 0 Å². The number of ether oxygens (including phenoxy) is 2. The molecule has 0 spiro atoms. The molecular formula is C23H25NO3. The number of Topliss-reactive ketones (excluding diaryl/α,β-unsaturated/α-hetero) is 1. The third-order valence-corrected chi connectivity index (χ3v) is 4.99. The molecule has 2 aliphatic heterocycles. The Morgan fingerprint density at radius 3 is 2.63 bits per heavy atom. The molecule has 2 heterocycles. The van der Waals surface area contributed by atoms with Gasteiger partial charge in [0.2, 0.25) is 5.78 Å². The van der Waals surface area contributed by atoms with Gasteiger partial charge in [0.05, 0.1) is 11.1 Å². The summed E-state index contributed by atoms with van der Waals surface area (Å²) in [6.45, 7) is 8.77. The van der Waals surface area contributed by atoms with Gasteiger partial charge in [0, 0.05) is 13.1 Å². The quantitative estimate of drug-likeness (QED) is 0.740. The number of hydrogen-bond donors (Lipinski definition) is 0. The topological polar surface area (TPSA) is 38.8 Å². The first-order chi connectivity index (χ1) is 13.0. The molecule has 0 saturated heterocycles. The Hall–Kier alpha value is -2.59. The summed E-state index contributed by atoms with van der Waals surface area (Å²) in [5, 5.41) is 0. The van der Waals surface area contributed by atoms with Gasteiger partial charge in [0.15, 0.2) is 5.76 Å². The van der Waals surface area contributed by atoms with Crippen LogP contribution in [0.5, 0.6) is 11.5 Å². The van der Waals surface area contributed by atoms with Crippen molar-refractivity contribution in [1.82, 2.24) is 4.90 Å². The molecule has 0 N–H and O–H groups in total. The molecule has 0 amide bonds. The molecule has 4 heteroatoms. The van der Waals surface area contributed by atoms with Crippen molar-refractivity contribution >= 4 is 11.9 Å². The van der Waals surface area contributed by atoms with Crippen molar-refractivity contribution in [3.63, 3.8) is 0 Å². The van der Waals surface area contributed by atoms with E-state index >= 15 is 0 Å². The van der Waals surface area contributed by atoms with Gasteiger partial charge in [-0.3, -0.25) is 9.69 Å². The Morgan fingerprint density at radius 1 is 1.15 bits per heavy atom. The fraction of sp³-hybridized carbons (Fsp3) is 0.348. The van der Waals surface area contributed by atoms with E-state index in [4.69, 9.17) is 9.47 Å². The monoisotopic (exact) mass is 363 g/mol. The van der Waals surface area contributed by atoms with E-state index < -0.39 is 0 Å². The maximum Gasteiger partial charge on any atom is 0.231 e. The maximum absolute atomic E-state index is 12.8. The van der Waals surface area contributed by atoms with E-state index in [0.717, 1.165) is 36.4 Å². The summed E-state index contributed by atoms with van der Waals surface area (Å²) in [4.78, 5) is 15.1. The Balaban J connectivity index is 1.63. The van der Waals surface area contributed by atoms with E-state index in [0.29, 0.717) is 29.7 Å². The average molecular weight is 363 g/mol. The number of hydrogen-bond acceptors (Lipinski definition) is 4. The molecule has 2 aromatic rings. The zero-order chi connectivity index (χ0) is 19.0. The summed E-state index contributed by atoms with van der Waals surface area (Å²) < 4.78 is 11.9. The fourth-order valence-electron chi connectivity index (χ4n) is 3.64. The second kappa shape index (κ2) is 7.20. The van der Waals surface area contributed by atoms with E-state index in [-0.39, 0.29) is 5.78 Å². The lowest BCUT2D eigenvalue weighted by Gasteiger charge is -2.30. The van der Waals surface area contributed by atoms with E-state index in [9.17, 15) is 4.79 Å². The molecule has 0 saturated carbocycles. The van der Waals surface area contributed by atoms with Gasteiger partial charge in [-0.1, -0.05) is 45.0 Å². The van der Waals surface area contributed by atoms with Crippen molar-refractivity contribution in [2.75, 3.05) is 13.3 Å². The SMILES string of the molecule is CCc1ccc(/C=C2\Oc3c(ccc4c3CN(CC(C)C)CO4)C2=O)cc1. The molecule has 0 radical (unpaired) electrons. The lowest BCUT2D eigenvalue weighted by Crippen LogP contribution is -2.34. The number of rotatable bonds is 4. The average Bonchev–Trinajstić information content (AvgIpc) is 2.98. The Bertz CT molecular complexity index is 897. The third-order valence-electron chi connectivity index (χ3n) is 4.99. The van der Waals surface area contributed by atoms with Gasteiger partial charge in [-0.25, -0.2) is 0 Å². The Labute approximate surface area is 160 Å². The van der Waals surface area contributed by atoms with Crippen LogP contribution in [0.3, 0.4) is 0 Å². The van der Waals surface area contributed by atoms with Crippen LogP contribution in [0.2, 0.25) is 0 Å². The number of aryl methyl sites for hydroxylation is 1. The molecule has 2 aliphatic rings. The second-order valence-corrected chi connectivity index (χ2v) is 7.63. The van der Waals surface area contributed by atoms with Crippen molar-refractivity contribution < 1.29 is 14.3 Å². The molecule has 2 aromatic carbocycles. The first-order valence-electron chi connectivity index (χ1n) is 9.59. The second-order valence-electron chi connectivity index (χ2n) is 7.63. The largest absolute Gasteiger partial charge is 0.478 e. The van der Waals surface area contributed by atoms with Gasteiger partial charge in [-0.15, -0.1) is 0 Å². The maximum atomic E-state index is 12.8. The van der Waals surface area contributed by atoms with Crippen molar-refractivity contribution in [3.05, 3.63) is 64.4 Å². The number of carbonyl (C=O) groups is 1. The molecule has 4 rings (SSSR count). The molecule has 0 aliphatic carbocycles. The van der Waals surface area contributed by atoms with Crippen LogP contribution in [0.4, 0.5) is 0 Å². The minimum atomic E-state index is -0.0617. The lowest BCUT2D eigenvalue weighted by molar-refractivity contribution is 0.0832. The first-order valence-corrected chi connectivity index (χ1v) is 9.59. The highest BCUT2D eigenvalue weighted by molar-refractivity contribution is 6.15. The van der Waals surface area contributed by atoms with Crippen LogP contribution in [-0.2, 0) is 13.0 Å². The standard InChI is InChI=1S/C23H25NO3/c1-4-16-5-7-17(8-6-16)11-21-22(25)18-9-10-20-19(23(18)27-21)13-24(14-26-20)12-15(2)3/h5-11,15H,4,12-14H2,1-3H3/b21-11-. The van der Waals surface area contributed by atoms with Crippen molar-refractivity contribution in [1.29, 1.82) is 0 Å². The van der Waals surface area contributed by atoms with Gasteiger partial charge in [-0.2, -0.15) is 0 Å². The number of nitrogens with zero attached hydrogens (tertiary/aromatic N) is 1. The van der Waals surface area contributed by atoms with E-state index in [1.165, 1.54) is 5.56 Å². The highest BCUT2D eigenvalue weighted by Gasteiger charge is 2.33. The Kier molecular flexibility index (Phi) is 4.75. The van der Waals surface area contributed by atoms with Crippen LogP contribution >= 0.6 is 0 Å². The normalized spacial score (nSPS) is 17.6. The molecule has 140 valence electrons. The summed E-state index contributed by atoms with van der Waals surface area (Å²) in [6.07, 6.45) is 2.82. The van der Waals surface area contributed by atoms with Crippen LogP contribution in [0, 0.1) is 5.92 Å². The van der Waals surface area contributed by atoms with Crippen LogP contribution in [0.15, 0.2) is 42.2 Å². The van der Waals surface area contributed by atoms with E-state index in [1.807, 2.05) is 30.3 Å². The smallest absolute Gasteiger partial charge is 0.231 e. The zero-order valence-corrected chi connectivity index (χ0v) is 16.1. The summed E-state index contributed by atoms with van der Waals surface area (Å²) in [6, 6.07) is 11.9. The van der Waals surface area contributed by atoms with Crippen molar-refractivity contribution in [2.45, 2.75) is 33.7 Å². The third kappa shape index (κ3) is 3.50. The summed E-state index contributed by atoms with van der Waals surface area (Å²) in [5.41, 5.74) is 3.84. The number of allylic oxidation sites excluding steroid dienone is 1. The molecular weight excluding hydrogens is 338 g/mol. The molecule has 0 atom stereocenters. The van der Waals surface area contributed by atoms with Crippen LogP contribution in [0.25, 0.3) is 6.08 Å². The van der Waals surface area contributed by atoms with E-state index in [1.54, 1.807) is 0 Å². The summed E-state index contributed by atoms with van der Waals surface area (Å²) in [7, 11) is 0. The minimum Gasteiger partial charge on any atom is -0.478 e. The molecule has 27 heavy (non-hydrogen) atoms. The minimum absolute atomic E-state index is 0.0617. The lowest BCUT2D eigenvalue weighted by atomic mass is 10.0. The predicted octanol–water partition coefficient (Wildman–Crippen LogP) is 4.67.